The first-order chi connectivity index (χ1) is 14.2. The number of rotatable bonds is 6. The molecule has 1 amide bonds. The van der Waals surface area contributed by atoms with Gasteiger partial charge in [-0.3, -0.25) is 9.79 Å². The second kappa shape index (κ2) is 10.3. The third-order valence-corrected chi connectivity index (χ3v) is 5.85. The molecule has 1 aromatic heterocycles. The summed E-state index contributed by atoms with van der Waals surface area (Å²) in [6, 6.07) is 10.5. The zero-order valence-corrected chi connectivity index (χ0v) is 20.0. The number of amides is 1. The molecule has 2 aliphatic rings. The summed E-state index contributed by atoms with van der Waals surface area (Å²) in [5.41, 5.74) is 3.47. The Bertz CT molecular complexity index is 897. The van der Waals surface area contributed by atoms with Gasteiger partial charge in [0.1, 0.15) is 0 Å². The maximum absolute atomic E-state index is 12.0. The van der Waals surface area contributed by atoms with E-state index in [1.165, 1.54) is 11.3 Å². The number of aromatic nitrogens is 1. The van der Waals surface area contributed by atoms with Gasteiger partial charge in [0, 0.05) is 50.8 Å². The number of hydrogen-bond acceptors (Lipinski definition) is 4. The summed E-state index contributed by atoms with van der Waals surface area (Å²) >= 11 is 0. The molecule has 0 radical (unpaired) electrons. The van der Waals surface area contributed by atoms with E-state index in [2.05, 4.69) is 51.6 Å². The predicted molar refractivity (Wildman–Crippen MR) is 128 cm³/mol. The van der Waals surface area contributed by atoms with Gasteiger partial charge in [0.2, 0.25) is 5.91 Å². The van der Waals surface area contributed by atoms with Gasteiger partial charge < -0.3 is 19.6 Å². The van der Waals surface area contributed by atoms with Gasteiger partial charge in [-0.05, 0) is 30.9 Å². The molecule has 1 N–H and O–H groups in total. The van der Waals surface area contributed by atoms with Crippen LogP contribution in [0.25, 0.3) is 0 Å². The van der Waals surface area contributed by atoms with Gasteiger partial charge in [0.25, 0.3) is 0 Å². The van der Waals surface area contributed by atoms with Crippen molar-refractivity contribution < 1.29 is 9.32 Å². The normalized spacial score (nSPS) is 18.5. The third kappa shape index (κ3) is 4.79. The van der Waals surface area contributed by atoms with Crippen LogP contribution in [0.15, 0.2) is 39.8 Å². The molecule has 0 saturated carbocycles. The molecule has 162 valence electrons. The Hall–Kier alpha value is -2.10. The fourth-order valence-electron chi connectivity index (χ4n) is 4.26. The lowest BCUT2D eigenvalue weighted by Gasteiger charge is -2.23. The summed E-state index contributed by atoms with van der Waals surface area (Å²) in [6.45, 7) is 5.20. The molecule has 1 fully saturated rings. The smallest absolute Gasteiger partial charge is 0.222 e. The van der Waals surface area contributed by atoms with E-state index in [1.54, 1.807) is 7.05 Å². The van der Waals surface area contributed by atoms with Crippen molar-refractivity contribution in [2.75, 3.05) is 31.6 Å². The van der Waals surface area contributed by atoms with E-state index in [9.17, 15) is 4.79 Å². The number of carbonyl (C=O) groups is 1. The number of anilines is 1. The zero-order chi connectivity index (χ0) is 20.2. The summed E-state index contributed by atoms with van der Waals surface area (Å²) in [7, 11) is 1.80. The maximum atomic E-state index is 12.0. The molecular weight excluding hydrogens is 493 g/mol. The van der Waals surface area contributed by atoms with Gasteiger partial charge in [-0.1, -0.05) is 30.3 Å². The quantitative estimate of drug-likeness (QED) is 0.356. The summed E-state index contributed by atoms with van der Waals surface area (Å²) in [5, 5.41) is 7.46. The molecule has 1 aromatic carbocycles. The molecule has 1 atom stereocenters. The Morgan fingerprint density at radius 1 is 1.37 bits per heavy atom. The Morgan fingerprint density at radius 3 is 2.90 bits per heavy atom. The molecule has 3 heterocycles. The number of aliphatic imine (C=N–C) groups is 1. The largest absolute Gasteiger partial charge is 0.359 e. The topological polar surface area (TPSA) is 74.0 Å². The number of para-hydroxylation sites is 1. The van der Waals surface area contributed by atoms with Crippen LogP contribution in [0.3, 0.4) is 0 Å². The van der Waals surface area contributed by atoms with E-state index in [0.29, 0.717) is 24.8 Å². The Kier molecular flexibility index (Phi) is 7.74. The van der Waals surface area contributed by atoms with Gasteiger partial charge in [-0.25, -0.2) is 0 Å². The van der Waals surface area contributed by atoms with Crippen molar-refractivity contribution in [1.82, 2.24) is 15.4 Å². The van der Waals surface area contributed by atoms with Crippen LogP contribution in [0.2, 0.25) is 0 Å². The minimum Gasteiger partial charge on any atom is -0.359 e. The van der Waals surface area contributed by atoms with Crippen molar-refractivity contribution >= 4 is 41.5 Å². The summed E-state index contributed by atoms with van der Waals surface area (Å²) < 4.78 is 5.39. The van der Waals surface area contributed by atoms with Gasteiger partial charge in [0.05, 0.1) is 12.2 Å². The number of fused-ring (bicyclic) bond motifs is 1. The van der Waals surface area contributed by atoms with E-state index in [1.807, 2.05) is 11.0 Å². The Morgan fingerprint density at radius 2 is 2.20 bits per heavy atom. The first kappa shape index (κ1) is 22.6. The number of carbonyl (C=O) groups excluding carboxylic acids is 1. The number of halogens is 1. The van der Waals surface area contributed by atoms with Gasteiger partial charge in [0.15, 0.2) is 11.7 Å². The number of nitrogens with zero attached hydrogens (tertiary/aromatic N) is 4. The van der Waals surface area contributed by atoms with Gasteiger partial charge in [-0.2, -0.15) is 0 Å². The van der Waals surface area contributed by atoms with E-state index < -0.39 is 0 Å². The van der Waals surface area contributed by atoms with Gasteiger partial charge in [-0.15, -0.1) is 24.0 Å². The summed E-state index contributed by atoms with van der Waals surface area (Å²) in [4.78, 5) is 20.7. The SMILES string of the molecule is CCc1cc(CNC(=NC)N2CC(CCN3CCCC3=O)c3ccccc32)on1.I. The molecule has 0 bridgehead atoms. The molecular formula is C22H30IN5O2. The summed E-state index contributed by atoms with van der Waals surface area (Å²) in [5.74, 6) is 2.31. The lowest BCUT2D eigenvalue weighted by atomic mass is 9.98. The number of hydrogen-bond donors (Lipinski definition) is 1. The van der Waals surface area contributed by atoms with Crippen LogP contribution in [0.5, 0.6) is 0 Å². The highest BCUT2D eigenvalue weighted by molar-refractivity contribution is 14.0. The monoisotopic (exact) mass is 523 g/mol. The van der Waals surface area contributed by atoms with Crippen molar-refractivity contribution in [2.45, 2.75) is 45.1 Å². The van der Waals surface area contributed by atoms with Crippen molar-refractivity contribution in [1.29, 1.82) is 0 Å². The number of guanidine groups is 1. The Balaban J connectivity index is 0.00000256. The van der Waals surface area contributed by atoms with E-state index in [-0.39, 0.29) is 24.0 Å². The third-order valence-electron chi connectivity index (χ3n) is 5.85. The van der Waals surface area contributed by atoms with Crippen molar-refractivity contribution in [3.63, 3.8) is 0 Å². The second-order valence-electron chi connectivity index (χ2n) is 7.68. The number of likely N-dealkylation sites (tertiary alicyclic amines) is 1. The average Bonchev–Trinajstić information content (AvgIpc) is 3.46. The van der Waals surface area contributed by atoms with Crippen molar-refractivity contribution in [3.8, 4) is 0 Å². The molecule has 7 nitrogen and oxygen atoms in total. The minimum absolute atomic E-state index is 0. The van der Waals surface area contributed by atoms with Crippen LogP contribution in [-0.2, 0) is 17.8 Å². The van der Waals surface area contributed by atoms with Crippen molar-refractivity contribution in [3.05, 3.63) is 47.3 Å². The van der Waals surface area contributed by atoms with Crippen LogP contribution in [0, 0.1) is 0 Å². The van der Waals surface area contributed by atoms with Gasteiger partial charge >= 0.3 is 0 Å². The molecule has 4 rings (SSSR count). The molecule has 2 aromatic rings. The lowest BCUT2D eigenvalue weighted by molar-refractivity contribution is -0.127. The molecule has 2 aliphatic heterocycles. The molecule has 8 heteroatoms. The molecule has 1 saturated heterocycles. The highest BCUT2D eigenvalue weighted by atomic mass is 127. The van der Waals surface area contributed by atoms with E-state index >= 15 is 0 Å². The predicted octanol–water partition coefficient (Wildman–Crippen LogP) is 3.55. The minimum atomic E-state index is 0. The second-order valence-corrected chi connectivity index (χ2v) is 7.68. The zero-order valence-electron chi connectivity index (χ0n) is 17.6. The fourth-order valence-corrected chi connectivity index (χ4v) is 4.26. The van der Waals surface area contributed by atoms with Crippen LogP contribution < -0.4 is 10.2 Å². The highest BCUT2D eigenvalue weighted by Gasteiger charge is 2.32. The van der Waals surface area contributed by atoms with E-state index in [4.69, 9.17) is 4.52 Å². The number of nitrogens with one attached hydrogen (secondary N) is 1. The maximum Gasteiger partial charge on any atom is 0.222 e. The van der Waals surface area contributed by atoms with E-state index in [0.717, 1.165) is 56.3 Å². The first-order valence-electron chi connectivity index (χ1n) is 10.5. The summed E-state index contributed by atoms with van der Waals surface area (Å²) in [6.07, 6.45) is 3.52. The molecule has 1 unspecified atom stereocenters. The molecule has 0 aliphatic carbocycles. The van der Waals surface area contributed by atoms with Crippen LogP contribution in [0.1, 0.15) is 49.1 Å². The Labute approximate surface area is 194 Å². The average molecular weight is 523 g/mol. The van der Waals surface area contributed by atoms with Crippen LogP contribution >= 0.6 is 24.0 Å². The van der Waals surface area contributed by atoms with Crippen LogP contribution in [0.4, 0.5) is 5.69 Å². The highest BCUT2D eigenvalue weighted by Crippen LogP contribution is 2.38. The molecule has 30 heavy (non-hydrogen) atoms. The standard InChI is InChI=1S/C22H29N5O2.HI/c1-3-17-13-18(29-25-17)14-24-22(23-2)27-15-16(19-7-4-5-8-20(19)27)10-12-26-11-6-9-21(26)28;/h4-5,7-8,13,16H,3,6,9-12,14-15H2,1-2H3,(H,23,24);1H. The number of benzene rings is 1. The molecule has 0 spiro atoms. The fraction of sp³-hybridized carbons (Fsp3) is 0.500. The first-order valence-corrected chi connectivity index (χ1v) is 10.5. The van der Waals surface area contributed by atoms with Crippen molar-refractivity contribution in [2.24, 2.45) is 4.99 Å². The van der Waals surface area contributed by atoms with Crippen LogP contribution in [-0.4, -0.2) is 48.6 Å². The lowest BCUT2D eigenvalue weighted by Crippen LogP contribution is -2.40. The number of aryl methyl sites for hydroxylation is 1.